The van der Waals surface area contributed by atoms with Crippen LogP contribution >= 0.6 is 0 Å². The maximum absolute atomic E-state index is 13.3. The van der Waals surface area contributed by atoms with Gasteiger partial charge >= 0.3 is 0 Å². The van der Waals surface area contributed by atoms with E-state index in [2.05, 4.69) is 5.10 Å². The quantitative estimate of drug-likeness (QED) is 0.790. The van der Waals surface area contributed by atoms with Crippen LogP contribution in [0.2, 0.25) is 0 Å². The number of hydrogen-bond donors (Lipinski definition) is 1. The number of hydrogen-bond acceptors (Lipinski definition) is 4. The maximum Gasteiger partial charge on any atom is 0.279 e. The molecule has 1 saturated heterocycles. The fraction of sp³-hybridized carbons (Fsp3) is 0.409. The van der Waals surface area contributed by atoms with Crippen molar-refractivity contribution in [3.63, 3.8) is 0 Å². The Labute approximate surface area is 169 Å². The second-order valence-corrected chi connectivity index (χ2v) is 8.12. The minimum absolute atomic E-state index is 0.148. The zero-order valence-electron chi connectivity index (χ0n) is 17.1. The SMILES string of the molecule is Cc1[nH]n(-c2ccccc2)c(=O)c1C1=C(N2CCCC2)C(=O)N(CC(C)C)C1=O. The summed E-state index contributed by atoms with van der Waals surface area (Å²) >= 11 is 0. The van der Waals surface area contributed by atoms with Gasteiger partial charge in [0, 0.05) is 25.3 Å². The number of carbonyl (C=O) groups is 2. The van der Waals surface area contributed by atoms with Gasteiger partial charge in [-0.15, -0.1) is 0 Å². The first kappa shape index (κ1) is 19.2. The van der Waals surface area contributed by atoms with Crippen LogP contribution in [0.1, 0.15) is 37.9 Å². The molecule has 1 aromatic heterocycles. The summed E-state index contributed by atoms with van der Waals surface area (Å²) in [5.74, 6) is -0.507. The standard InChI is InChI=1S/C22H26N4O3/c1-14(2)13-25-20(27)18(19(22(25)29)24-11-7-8-12-24)17-15(3)23-26(21(17)28)16-9-5-4-6-10-16/h4-6,9-10,14,23H,7-8,11-13H2,1-3H3. The Morgan fingerprint density at radius 2 is 1.66 bits per heavy atom. The molecule has 2 aliphatic heterocycles. The third-order valence-electron chi connectivity index (χ3n) is 5.45. The lowest BCUT2D eigenvalue weighted by atomic mass is 10.0. The minimum atomic E-state index is -0.370. The van der Waals surface area contributed by atoms with Crippen molar-refractivity contribution in [1.82, 2.24) is 19.6 Å². The molecule has 0 bridgehead atoms. The van der Waals surface area contributed by atoms with Gasteiger partial charge in [-0.05, 0) is 37.8 Å². The lowest BCUT2D eigenvalue weighted by molar-refractivity contribution is -0.138. The van der Waals surface area contributed by atoms with E-state index in [1.807, 2.05) is 49.1 Å². The summed E-state index contributed by atoms with van der Waals surface area (Å²) < 4.78 is 1.43. The number of aromatic nitrogens is 2. The van der Waals surface area contributed by atoms with Crippen LogP contribution in [-0.2, 0) is 9.59 Å². The van der Waals surface area contributed by atoms with Crippen LogP contribution in [0, 0.1) is 12.8 Å². The Morgan fingerprint density at radius 3 is 2.28 bits per heavy atom. The predicted molar refractivity (Wildman–Crippen MR) is 110 cm³/mol. The highest BCUT2D eigenvalue weighted by Crippen LogP contribution is 2.33. The van der Waals surface area contributed by atoms with Crippen molar-refractivity contribution < 1.29 is 9.59 Å². The van der Waals surface area contributed by atoms with Gasteiger partial charge in [-0.2, -0.15) is 0 Å². The molecule has 7 nitrogen and oxygen atoms in total. The van der Waals surface area contributed by atoms with Gasteiger partial charge in [-0.1, -0.05) is 32.0 Å². The molecule has 0 radical (unpaired) electrons. The molecular formula is C22H26N4O3. The fourth-order valence-electron chi connectivity index (χ4n) is 4.15. The van der Waals surface area contributed by atoms with Crippen molar-refractivity contribution in [1.29, 1.82) is 0 Å². The number of amides is 2. The van der Waals surface area contributed by atoms with E-state index in [9.17, 15) is 14.4 Å². The maximum atomic E-state index is 13.3. The van der Waals surface area contributed by atoms with Gasteiger partial charge < -0.3 is 4.90 Å². The van der Waals surface area contributed by atoms with Gasteiger partial charge in [-0.25, -0.2) is 4.68 Å². The second kappa shape index (κ2) is 7.39. The molecule has 3 heterocycles. The van der Waals surface area contributed by atoms with E-state index in [0.717, 1.165) is 25.9 Å². The molecule has 0 unspecified atom stereocenters. The van der Waals surface area contributed by atoms with Crippen molar-refractivity contribution >= 4 is 17.4 Å². The monoisotopic (exact) mass is 394 g/mol. The summed E-state index contributed by atoms with van der Waals surface area (Å²) in [6.07, 6.45) is 1.95. The van der Waals surface area contributed by atoms with Gasteiger partial charge in [0.1, 0.15) is 5.70 Å². The number of aromatic amines is 1. The number of H-pyrrole nitrogens is 1. The summed E-state index contributed by atoms with van der Waals surface area (Å²) in [5, 5.41) is 3.08. The molecule has 1 aromatic carbocycles. The largest absolute Gasteiger partial charge is 0.366 e. The topological polar surface area (TPSA) is 78.4 Å². The highest BCUT2D eigenvalue weighted by molar-refractivity contribution is 6.35. The molecule has 29 heavy (non-hydrogen) atoms. The smallest absolute Gasteiger partial charge is 0.279 e. The first-order valence-corrected chi connectivity index (χ1v) is 10.1. The zero-order valence-corrected chi connectivity index (χ0v) is 17.1. The Balaban J connectivity index is 1.89. The van der Waals surface area contributed by atoms with Crippen molar-refractivity contribution in [2.24, 2.45) is 5.92 Å². The number of likely N-dealkylation sites (tertiary alicyclic amines) is 1. The predicted octanol–water partition coefficient (Wildman–Crippen LogP) is 2.31. The van der Waals surface area contributed by atoms with Crippen LogP contribution < -0.4 is 5.56 Å². The van der Waals surface area contributed by atoms with E-state index < -0.39 is 0 Å². The third-order valence-corrected chi connectivity index (χ3v) is 5.45. The van der Waals surface area contributed by atoms with Gasteiger partial charge in [0.2, 0.25) is 0 Å². The van der Waals surface area contributed by atoms with E-state index in [1.165, 1.54) is 9.58 Å². The van der Waals surface area contributed by atoms with Crippen molar-refractivity contribution in [2.75, 3.05) is 19.6 Å². The molecule has 0 aliphatic carbocycles. The normalized spacial score (nSPS) is 17.4. The van der Waals surface area contributed by atoms with E-state index in [1.54, 1.807) is 6.92 Å². The van der Waals surface area contributed by atoms with Gasteiger partial charge in [0.05, 0.1) is 16.8 Å². The lowest BCUT2D eigenvalue weighted by Gasteiger charge is -2.21. The average Bonchev–Trinajstić information content (AvgIpc) is 3.37. The number of aryl methyl sites for hydroxylation is 1. The highest BCUT2D eigenvalue weighted by atomic mass is 16.2. The van der Waals surface area contributed by atoms with E-state index in [0.29, 0.717) is 29.2 Å². The summed E-state index contributed by atoms with van der Waals surface area (Å²) in [4.78, 5) is 43.1. The molecule has 2 aliphatic rings. The number of para-hydroxylation sites is 1. The van der Waals surface area contributed by atoms with Gasteiger partial charge in [0.25, 0.3) is 17.4 Å². The Kier molecular flexibility index (Phi) is 4.90. The first-order chi connectivity index (χ1) is 13.9. The Bertz CT molecular complexity index is 1040. The molecule has 2 aromatic rings. The minimum Gasteiger partial charge on any atom is -0.366 e. The molecule has 7 heteroatoms. The third kappa shape index (κ3) is 3.20. The summed E-state index contributed by atoms with van der Waals surface area (Å²) in [6.45, 7) is 7.51. The van der Waals surface area contributed by atoms with Crippen LogP contribution in [0.5, 0.6) is 0 Å². The number of imide groups is 1. The molecule has 4 rings (SSSR count). The van der Waals surface area contributed by atoms with Crippen molar-refractivity contribution in [3.8, 4) is 5.69 Å². The molecule has 1 fully saturated rings. The molecule has 152 valence electrons. The molecule has 0 saturated carbocycles. The van der Waals surface area contributed by atoms with Crippen LogP contribution in [-0.4, -0.2) is 51.0 Å². The number of nitrogens with one attached hydrogen (secondary N) is 1. The highest BCUT2D eigenvalue weighted by Gasteiger charge is 2.44. The van der Waals surface area contributed by atoms with Crippen molar-refractivity contribution in [2.45, 2.75) is 33.6 Å². The van der Waals surface area contributed by atoms with E-state index in [-0.39, 0.29) is 28.9 Å². The Hall–Kier alpha value is -3.09. The molecule has 0 spiro atoms. The molecular weight excluding hydrogens is 368 g/mol. The first-order valence-electron chi connectivity index (χ1n) is 10.1. The van der Waals surface area contributed by atoms with E-state index in [4.69, 9.17) is 0 Å². The summed E-state index contributed by atoms with van der Waals surface area (Å²) in [5.41, 5.74) is 1.87. The summed E-state index contributed by atoms with van der Waals surface area (Å²) in [6, 6.07) is 9.22. The second-order valence-electron chi connectivity index (χ2n) is 8.12. The van der Waals surface area contributed by atoms with Crippen molar-refractivity contribution in [3.05, 3.63) is 57.6 Å². The molecule has 0 atom stereocenters. The lowest BCUT2D eigenvalue weighted by Crippen LogP contribution is -2.37. The molecule has 1 N–H and O–H groups in total. The Morgan fingerprint density at radius 1 is 1.00 bits per heavy atom. The summed E-state index contributed by atoms with van der Waals surface area (Å²) in [7, 11) is 0. The van der Waals surface area contributed by atoms with Gasteiger partial charge in [-0.3, -0.25) is 24.4 Å². The number of benzene rings is 1. The van der Waals surface area contributed by atoms with Crippen LogP contribution in [0.3, 0.4) is 0 Å². The number of nitrogens with zero attached hydrogens (tertiary/aromatic N) is 3. The van der Waals surface area contributed by atoms with E-state index >= 15 is 0 Å². The zero-order chi connectivity index (χ0) is 20.7. The number of rotatable bonds is 5. The van der Waals surface area contributed by atoms with Crippen LogP contribution in [0.4, 0.5) is 0 Å². The van der Waals surface area contributed by atoms with Gasteiger partial charge in [0.15, 0.2) is 0 Å². The number of carbonyl (C=O) groups excluding carboxylic acids is 2. The molecule has 2 amide bonds. The van der Waals surface area contributed by atoms with Crippen LogP contribution in [0.15, 0.2) is 40.8 Å². The fourth-order valence-corrected chi connectivity index (χ4v) is 4.15. The van der Waals surface area contributed by atoms with Crippen LogP contribution in [0.25, 0.3) is 11.3 Å². The average molecular weight is 394 g/mol.